The van der Waals surface area contributed by atoms with Crippen LogP contribution in [0.5, 0.6) is 0 Å². The third kappa shape index (κ3) is 2.71. The van der Waals surface area contributed by atoms with Crippen LogP contribution in [-0.4, -0.2) is 16.1 Å². The summed E-state index contributed by atoms with van der Waals surface area (Å²) < 4.78 is 2.90. The fourth-order valence-corrected chi connectivity index (χ4v) is 2.65. The number of aromatic nitrogens is 2. The maximum Gasteiger partial charge on any atom is 0.257 e. The Labute approximate surface area is 125 Å². The Bertz CT molecular complexity index is 649. The molecule has 0 fully saturated rings. The molecule has 0 unspecified atom stereocenters. The van der Waals surface area contributed by atoms with Gasteiger partial charge in [-0.15, -0.1) is 0 Å². The summed E-state index contributed by atoms with van der Waals surface area (Å²) in [6, 6.07) is 8.21. The molecule has 1 aromatic heterocycles. The largest absolute Gasteiger partial charge is 0.311 e. The van der Waals surface area contributed by atoms with E-state index in [2.05, 4.69) is 57.2 Å². The van der Waals surface area contributed by atoms with Crippen LogP contribution >= 0.6 is 22.6 Å². The molecule has 0 saturated carbocycles. The van der Waals surface area contributed by atoms with E-state index in [-0.39, 0.29) is 5.56 Å². The zero-order valence-electron chi connectivity index (χ0n) is 10.4. The van der Waals surface area contributed by atoms with Crippen LogP contribution in [0.25, 0.3) is 0 Å². The summed E-state index contributed by atoms with van der Waals surface area (Å²) in [5.74, 6) is 0. The molecular weight excluding hydrogens is 353 g/mol. The lowest BCUT2D eigenvalue weighted by Gasteiger charge is -2.16. The molecule has 2 heterocycles. The van der Waals surface area contributed by atoms with Crippen LogP contribution in [0.2, 0.25) is 0 Å². The average Bonchev–Trinajstić information content (AvgIpc) is 2.45. The van der Waals surface area contributed by atoms with Crippen LogP contribution in [0.4, 0.5) is 0 Å². The highest BCUT2D eigenvalue weighted by molar-refractivity contribution is 14.1. The first-order chi connectivity index (χ1) is 9.24. The lowest BCUT2D eigenvalue weighted by atomic mass is 10.1. The van der Waals surface area contributed by atoms with Crippen molar-refractivity contribution in [1.29, 1.82) is 0 Å². The summed E-state index contributed by atoms with van der Waals surface area (Å²) in [7, 11) is 0. The first kappa shape index (κ1) is 12.8. The SMILES string of the molecule is O=c1c2c(ncn1Cc1ccc(I)cc1)CNCC2. The van der Waals surface area contributed by atoms with Crippen molar-refractivity contribution in [2.75, 3.05) is 6.54 Å². The van der Waals surface area contributed by atoms with Gasteiger partial charge in [0.2, 0.25) is 0 Å². The van der Waals surface area contributed by atoms with Gasteiger partial charge in [0.25, 0.3) is 5.56 Å². The minimum Gasteiger partial charge on any atom is -0.311 e. The second kappa shape index (κ2) is 5.42. The number of hydrogen-bond acceptors (Lipinski definition) is 3. The highest BCUT2D eigenvalue weighted by atomic mass is 127. The van der Waals surface area contributed by atoms with Gasteiger partial charge in [-0.05, 0) is 53.3 Å². The van der Waals surface area contributed by atoms with Crippen molar-refractivity contribution < 1.29 is 0 Å². The van der Waals surface area contributed by atoms with E-state index in [0.29, 0.717) is 13.1 Å². The van der Waals surface area contributed by atoms with E-state index >= 15 is 0 Å². The Hall–Kier alpha value is -1.21. The van der Waals surface area contributed by atoms with Gasteiger partial charge in [-0.25, -0.2) is 4.98 Å². The Kier molecular flexibility index (Phi) is 3.65. The number of rotatable bonds is 2. The van der Waals surface area contributed by atoms with Crippen LogP contribution in [0.3, 0.4) is 0 Å². The van der Waals surface area contributed by atoms with Crippen molar-refractivity contribution in [3.05, 3.63) is 61.3 Å². The van der Waals surface area contributed by atoms with E-state index in [0.717, 1.165) is 29.8 Å². The summed E-state index contributed by atoms with van der Waals surface area (Å²) in [4.78, 5) is 16.8. The van der Waals surface area contributed by atoms with Crippen molar-refractivity contribution in [1.82, 2.24) is 14.9 Å². The smallest absolute Gasteiger partial charge is 0.257 e. The lowest BCUT2D eigenvalue weighted by molar-refractivity contribution is 0.596. The molecule has 0 spiro atoms. The van der Waals surface area contributed by atoms with E-state index in [1.807, 2.05) is 0 Å². The highest BCUT2D eigenvalue weighted by Crippen LogP contribution is 2.09. The molecule has 1 aliphatic rings. The Morgan fingerprint density at radius 2 is 2.11 bits per heavy atom. The number of benzene rings is 1. The molecular formula is C14H14IN3O. The number of hydrogen-bond donors (Lipinski definition) is 1. The monoisotopic (exact) mass is 367 g/mol. The molecule has 0 amide bonds. The number of nitrogens with one attached hydrogen (secondary N) is 1. The highest BCUT2D eigenvalue weighted by Gasteiger charge is 2.15. The minimum atomic E-state index is 0.102. The second-order valence-electron chi connectivity index (χ2n) is 4.66. The standard InChI is InChI=1S/C14H14IN3O/c15-11-3-1-10(2-4-11)8-18-9-17-13-7-16-6-5-12(13)14(18)19/h1-4,9,16H,5-8H2. The van der Waals surface area contributed by atoms with E-state index in [1.54, 1.807) is 10.9 Å². The minimum absolute atomic E-state index is 0.102. The van der Waals surface area contributed by atoms with Gasteiger partial charge in [-0.3, -0.25) is 9.36 Å². The molecule has 0 radical (unpaired) electrons. The molecule has 1 aliphatic heterocycles. The van der Waals surface area contributed by atoms with E-state index in [4.69, 9.17) is 0 Å². The predicted molar refractivity (Wildman–Crippen MR) is 82.2 cm³/mol. The van der Waals surface area contributed by atoms with Crippen molar-refractivity contribution in [2.24, 2.45) is 0 Å². The summed E-state index contributed by atoms with van der Waals surface area (Å²) >= 11 is 2.27. The van der Waals surface area contributed by atoms with Crippen LogP contribution in [-0.2, 0) is 19.5 Å². The Morgan fingerprint density at radius 1 is 1.32 bits per heavy atom. The van der Waals surface area contributed by atoms with E-state index in [1.165, 1.54) is 3.57 Å². The fourth-order valence-electron chi connectivity index (χ4n) is 2.29. The van der Waals surface area contributed by atoms with Gasteiger partial charge < -0.3 is 5.32 Å². The Morgan fingerprint density at radius 3 is 2.89 bits per heavy atom. The van der Waals surface area contributed by atoms with E-state index < -0.39 is 0 Å². The molecule has 1 aromatic carbocycles. The normalized spacial score (nSPS) is 14.2. The van der Waals surface area contributed by atoms with Gasteiger partial charge in [0.05, 0.1) is 18.6 Å². The summed E-state index contributed by atoms with van der Waals surface area (Å²) in [5, 5.41) is 3.23. The molecule has 2 aromatic rings. The first-order valence-electron chi connectivity index (χ1n) is 6.26. The molecule has 98 valence electrons. The van der Waals surface area contributed by atoms with Gasteiger partial charge >= 0.3 is 0 Å². The molecule has 4 nitrogen and oxygen atoms in total. The quantitative estimate of drug-likeness (QED) is 0.820. The first-order valence-corrected chi connectivity index (χ1v) is 7.34. The van der Waals surface area contributed by atoms with Gasteiger partial charge in [-0.1, -0.05) is 12.1 Å². The molecule has 1 N–H and O–H groups in total. The maximum atomic E-state index is 12.4. The lowest BCUT2D eigenvalue weighted by Crippen LogP contribution is -2.34. The van der Waals surface area contributed by atoms with Crippen LogP contribution in [0.1, 0.15) is 16.8 Å². The van der Waals surface area contributed by atoms with Crippen molar-refractivity contribution in [3.8, 4) is 0 Å². The number of fused-ring (bicyclic) bond motifs is 1. The summed E-state index contributed by atoms with van der Waals surface area (Å²) in [5.41, 5.74) is 2.99. The number of nitrogens with zero attached hydrogens (tertiary/aromatic N) is 2. The second-order valence-corrected chi connectivity index (χ2v) is 5.90. The molecule has 0 atom stereocenters. The average molecular weight is 367 g/mol. The fraction of sp³-hybridized carbons (Fsp3) is 0.286. The summed E-state index contributed by atoms with van der Waals surface area (Å²) in [6.07, 6.45) is 2.43. The van der Waals surface area contributed by atoms with Crippen molar-refractivity contribution in [3.63, 3.8) is 0 Å². The van der Waals surface area contributed by atoms with Crippen molar-refractivity contribution >= 4 is 22.6 Å². The topological polar surface area (TPSA) is 46.9 Å². The van der Waals surface area contributed by atoms with Gasteiger partial charge in [0.15, 0.2) is 0 Å². The van der Waals surface area contributed by atoms with Gasteiger partial charge in [0.1, 0.15) is 0 Å². The molecule has 5 heteroatoms. The van der Waals surface area contributed by atoms with E-state index in [9.17, 15) is 4.79 Å². The molecule has 0 aliphatic carbocycles. The van der Waals surface area contributed by atoms with Crippen LogP contribution < -0.4 is 10.9 Å². The van der Waals surface area contributed by atoms with Crippen molar-refractivity contribution in [2.45, 2.75) is 19.5 Å². The Balaban J connectivity index is 1.93. The van der Waals surface area contributed by atoms with Gasteiger partial charge in [-0.2, -0.15) is 0 Å². The molecule has 0 saturated heterocycles. The zero-order valence-corrected chi connectivity index (χ0v) is 12.6. The third-order valence-electron chi connectivity index (χ3n) is 3.33. The molecule has 3 rings (SSSR count). The van der Waals surface area contributed by atoms with Crippen LogP contribution in [0.15, 0.2) is 35.4 Å². The third-order valence-corrected chi connectivity index (χ3v) is 4.05. The predicted octanol–water partition coefficient (Wildman–Crippen LogP) is 1.54. The molecule has 19 heavy (non-hydrogen) atoms. The summed E-state index contributed by atoms with van der Waals surface area (Å²) in [6.45, 7) is 2.15. The van der Waals surface area contributed by atoms with Gasteiger partial charge in [0, 0.05) is 15.7 Å². The van der Waals surface area contributed by atoms with Crippen LogP contribution in [0, 0.1) is 3.57 Å². The maximum absolute atomic E-state index is 12.4. The number of halogens is 1. The zero-order chi connectivity index (χ0) is 13.2. The molecule has 0 bridgehead atoms.